The zero-order valence-corrected chi connectivity index (χ0v) is 13.3. The molecule has 0 radical (unpaired) electrons. The third kappa shape index (κ3) is 4.71. The van der Waals surface area contributed by atoms with E-state index in [1.165, 1.54) is 6.20 Å². The summed E-state index contributed by atoms with van der Waals surface area (Å²) in [5, 5.41) is 5.06. The van der Waals surface area contributed by atoms with E-state index >= 15 is 0 Å². The van der Waals surface area contributed by atoms with Crippen molar-refractivity contribution < 1.29 is 9.59 Å². The van der Waals surface area contributed by atoms with E-state index in [0.29, 0.717) is 11.4 Å². The lowest BCUT2D eigenvalue weighted by molar-refractivity contribution is -0.133. The van der Waals surface area contributed by atoms with E-state index in [0.717, 1.165) is 17.5 Å². The van der Waals surface area contributed by atoms with Crippen LogP contribution in [0.5, 0.6) is 0 Å². The van der Waals surface area contributed by atoms with Crippen LogP contribution >= 0.6 is 0 Å². The zero-order valence-electron chi connectivity index (χ0n) is 13.3. The Kier molecular flexibility index (Phi) is 5.11. The van der Waals surface area contributed by atoms with Gasteiger partial charge in [0.05, 0.1) is 11.9 Å². The third-order valence-corrected chi connectivity index (χ3v) is 3.50. The third-order valence-electron chi connectivity index (χ3n) is 3.50. The van der Waals surface area contributed by atoms with Crippen molar-refractivity contribution in [2.24, 2.45) is 0 Å². The summed E-state index contributed by atoms with van der Waals surface area (Å²) in [5.41, 5.74) is 3.28. The summed E-state index contributed by atoms with van der Waals surface area (Å²) >= 11 is 0. The number of rotatable bonds is 4. The van der Waals surface area contributed by atoms with E-state index in [-0.39, 0.29) is 0 Å². The number of carbonyl (C=O) groups is 2. The van der Waals surface area contributed by atoms with Gasteiger partial charge in [0.1, 0.15) is 0 Å². The first-order valence-corrected chi connectivity index (χ1v) is 7.71. The molecule has 0 aliphatic heterocycles. The first kappa shape index (κ1) is 16.3. The standard InChI is InChI=1S/C19H16N4O2/c24-18(19(25)23-17-2-1-9-21-13-17)22-16-5-3-14(4-6-16)12-15-7-10-20-11-8-15/h1-11,13H,12H2,(H,22,24)(H,23,25). The Morgan fingerprint density at radius 1 is 0.720 bits per heavy atom. The number of anilines is 2. The van der Waals surface area contributed by atoms with Crippen LogP contribution in [-0.2, 0) is 16.0 Å². The molecule has 6 heteroatoms. The van der Waals surface area contributed by atoms with Gasteiger partial charge >= 0.3 is 11.8 Å². The summed E-state index contributed by atoms with van der Waals surface area (Å²) in [6.45, 7) is 0. The maximum absolute atomic E-state index is 11.9. The summed E-state index contributed by atoms with van der Waals surface area (Å²) < 4.78 is 0. The van der Waals surface area contributed by atoms with Crippen molar-refractivity contribution in [1.29, 1.82) is 0 Å². The second-order valence-corrected chi connectivity index (χ2v) is 5.38. The van der Waals surface area contributed by atoms with Crippen molar-refractivity contribution >= 4 is 23.2 Å². The lowest BCUT2D eigenvalue weighted by Crippen LogP contribution is -2.29. The van der Waals surface area contributed by atoms with Crippen molar-refractivity contribution in [2.45, 2.75) is 6.42 Å². The van der Waals surface area contributed by atoms with Crippen LogP contribution in [0, 0.1) is 0 Å². The first-order chi connectivity index (χ1) is 12.2. The molecule has 0 aliphatic rings. The quantitative estimate of drug-likeness (QED) is 0.719. The lowest BCUT2D eigenvalue weighted by Gasteiger charge is -2.07. The average Bonchev–Trinajstić information content (AvgIpc) is 2.65. The normalized spacial score (nSPS) is 10.1. The van der Waals surface area contributed by atoms with Gasteiger partial charge in [0, 0.05) is 24.3 Å². The lowest BCUT2D eigenvalue weighted by atomic mass is 10.1. The molecular weight excluding hydrogens is 316 g/mol. The fourth-order valence-corrected chi connectivity index (χ4v) is 2.25. The SMILES string of the molecule is O=C(Nc1ccc(Cc2ccncc2)cc1)C(=O)Nc1cccnc1. The van der Waals surface area contributed by atoms with E-state index in [9.17, 15) is 9.59 Å². The van der Waals surface area contributed by atoms with Crippen LogP contribution in [0.4, 0.5) is 11.4 Å². The second kappa shape index (κ2) is 7.83. The van der Waals surface area contributed by atoms with E-state index < -0.39 is 11.8 Å². The van der Waals surface area contributed by atoms with E-state index in [1.54, 1.807) is 42.9 Å². The number of hydrogen-bond donors (Lipinski definition) is 2. The highest BCUT2D eigenvalue weighted by Gasteiger charge is 2.14. The van der Waals surface area contributed by atoms with Gasteiger partial charge in [-0.2, -0.15) is 0 Å². The van der Waals surface area contributed by atoms with Gasteiger partial charge in [-0.25, -0.2) is 0 Å². The number of amides is 2. The van der Waals surface area contributed by atoms with Gasteiger partial charge in [0.2, 0.25) is 0 Å². The molecule has 6 nitrogen and oxygen atoms in total. The molecule has 2 aromatic heterocycles. The van der Waals surface area contributed by atoms with Crippen molar-refractivity contribution in [3.8, 4) is 0 Å². The topological polar surface area (TPSA) is 84.0 Å². The molecule has 1 aromatic carbocycles. The number of hydrogen-bond acceptors (Lipinski definition) is 4. The van der Waals surface area contributed by atoms with Gasteiger partial charge in [0.15, 0.2) is 0 Å². The molecule has 124 valence electrons. The molecule has 0 saturated carbocycles. The van der Waals surface area contributed by atoms with E-state index in [2.05, 4.69) is 20.6 Å². The highest BCUT2D eigenvalue weighted by atomic mass is 16.2. The molecule has 2 heterocycles. The fourth-order valence-electron chi connectivity index (χ4n) is 2.25. The minimum Gasteiger partial charge on any atom is -0.318 e. The molecule has 0 spiro atoms. The summed E-state index contributed by atoms with van der Waals surface area (Å²) in [7, 11) is 0. The number of nitrogens with zero attached hydrogens (tertiary/aromatic N) is 2. The predicted octanol–water partition coefficient (Wildman–Crippen LogP) is 2.64. The largest absolute Gasteiger partial charge is 0.318 e. The maximum atomic E-state index is 11.9. The molecule has 0 bridgehead atoms. The summed E-state index contributed by atoms with van der Waals surface area (Å²) in [6.07, 6.45) is 7.34. The number of aromatic nitrogens is 2. The predicted molar refractivity (Wildman–Crippen MR) is 95.0 cm³/mol. The Morgan fingerprint density at radius 2 is 1.36 bits per heavy atom. The minimum absolute atomic E-state index is 0.468. The van der Waals surface area contributed by atoms with Gasteiger partial charge in [0.25, 0.3) is 0 Å². The highest BCUT2D eigenvalue weighted by molar-refractivity contribution is 6.43. The van der Waals surface area contributed by atoms with Gasteiger partial charge in [-0.05, 0) is 53.9 Å². The number of carbonyl (C=O) groups excluding carboxylic acids is 2. The van der Waals surface area contributed by atoms with Crippen molar-refractivity contribution in [3.05, 3.63) is 84.4 Å². The smallest absolute Gasteiger partial charge is 0.314 e. The summed E-state index contributed by atoms with van der Waals surface area (Å²) in [5.74, 6) is -1.47. The van der Waals surface area contributed by atoms with Crippen molar-refractivity contribution in [1.82, 2.24) is 9.97 Å². The van der Waals surface area contributed by atoms with Gasteiger partial charge in [-0.3, -0.25) is 19.6 Å². The van der Waals surface area contributed by atoms with Crippen LogP contribution in [0.2, 0.25) is 0 Å². The highest BCUT2D eigenvalue weighted by Crippen LogP contribution is 2.13. The van der Waals surface area contributed by atoms with Crippen LogP contribution in [0.15, 0.2) is 73.3 Å². The zero-order chi connectivity index (χ0) is 17.5. The molecule has 25 heavy (non-hydrogen) atoms. The Hall–Kier alpha value is -3.54. The number of pyridine rings is 2. The molecule has 0 fully saturated rings. The average molecular weight is 332 g/mol. The molecule has 0 aliphatic carbocycles. The summed E-state index contributed by atoms with van der Waals surface area (Å²) in [4.78, 5) is 31.7. The minimum atomic E-state index is -0.742. The van der Waals surface area contributed by atoms with Crippen LogP contribution in [0.3, 0.4) is 0 Å². The molecule has 2 amide bonds. The maximum Gasteiger partial charge on any atom is 0.314 e. The van der Waals surface area contributed by atoms with Crippen LogP contribution in [0.1, 0.15) is 11.1 Å². The number of nitrogens with one attached hydrogen (secondary N) is 2. The Bertz CT molecular complexity index is 850. The second-order valence-electron chi connectivity index (χ2n) is 5.38. The van der Waals surface area contributed by atoms with E-state index in [4.69, 9.17) is 0 Å². The van der Waals surface area contributed by atoms with Crippen molar-refractivity contribution in [2.75, 3.05) is 10.6 Å². The molecule has 0 saturated heterocycles. The molecule has 2 N–H and O–H groups in total. The van der Waals surface area contributed by atoms with Gasteiger partial charge < -0.3 is 10.6 Å². The Morgan fingerprint density at radius 3 is 2.00 bits per heavy atom. The first-order valence-electron chi connectivity index (χ1n) is 7.71. The molecular formula is C19H16N4O2. The van der Waals surface area contributed by atoms with Crippen LogP contribution < -0.4 is 10.6 Å². The fraction of sp³-hybridized carbons (Fsp3) is 0.0526. The number of benzene rings is 1. The van der Waals surface area contributed by atoms with Gasteiger partial charge in [-0.15, -0.1) is 0 Å². The Labute approximate surface area is 145 Å². The van der Waals surface area contributed by atoms with Crippen LogP contribution in [0.25, 0.3) is 0 Å². The molecule has 0 atom stereocenters. The van der Waals surface area contributed by atoms with Gasteiger partial charge in [-0.1, -0.05) is 12.1 Å². The van der Waals surface area contributed by atoms with Crippen molar-refractivity contribution in [3.63, 3.8) is 0 Å². The summed E-state index contributed by atoms with van der Waals surface area (Å²) in [6, 6.07) is 14.6. The van der Waals surface area contributed by atoms with E-state index in [1.807, 2.05) is 24.3 Å². The van der Waals surface area contributed by atoms with Crippen LogP contribution in [-0.4, -0.2) is 21.8 Å². The molecule has 0 unspecified atom stereocenters. The Balaban J connectivity index is 1.57. The molecule has 3 rings (SSSR count). The monoisotopic (exact) mass is 332 g/mol. The molecule has 3 aromatic rings.